The van der Waals surface area contributed by atoms with Gasteiger partial charge in [-0.2, -0.15) is 0 Å². The minimum Gasteiger partial charge on any atom is -0.318 e. The first-order valence-corrected chi connectivity index (χ1v) is 4.88. The number of halogens is 1. The van der Waals surface area contributed by atoms with E-state index in [2.05, 4.69) is 20.9 Å². The van der Waals surface area contributed by atoms with Crippen LogP contribution in [-0.2, 0) is 9.59 Å². The second kappa shape index (κ2) is 5.04. The van der Waals surface area contributed by atoms with Gasteiger partial charge in [-0.1, -0.05) is 6.07 Å². The Morgan fingerprint density at radius 1 is 1.17 bits per heavy atom. The smallest absolute Gasteiger partial charge is 0.318 e. The summed E-state index contributed by atoms with van der Waals surface area (Å²) in [4.78, 5) is 22.9. The van der Waals surface area contributed by atoms with E-state index in [0.29, 0.717) is 0 Å². The number of hydrogen-bond acceptors (Lipinski definition) is 4. The number of carbonyl (C=O) groups excluding carboxylic acids is 2. The average molecular weight is 249 g/mol. The first-order valence-electron chi connectivity index (χ1n) is 4.88. The van der Waals surface area contributed by atoms with Gasteiger partial charge in [0.2, 0.25) is 0 Å². The van der Waals surface area contributed by atoms with E-state index < -0.39 is 17.6 Å². The monoisotopic (exact) mass is 249 g/mol. The van der Waals surface area contributed by atoms with Crippen LogP contribution in [0.1, 0.15) is 0 Å². The maximum atomic E-state index is 12.9. The van der Waals surface area contributed by atoms with E-state index in [4.69, 9.17) is 0 Å². The first-order chi connectivity index (χ1) is 8.65. The van der Waals surface area contributed by atoms with Crippen LogP contribution in [0.2, 0.25) is 0 Å². The van der Waals surface area contributed by atoms with Crippen LogP contribution in [0.15, 0.2) is 36.9 Å². The molecule has 2 N–H and O–H groups in total. The molecule has 1 aromatic heterocycles. The lowest BCUT2D eigenvalue weighted by Gasteiger charge is -2.05. The number of aromatic nitrogens is 3. The second-order valence-corrected chi connectivity index (χ2v) is 3.27. The quantitative estimate of drug-likeness (QED) is 0.740. The van der Waals surface area contributed by atoms with Gasteiger partial charge in [0.1, 0.15) is 18.5 Å². The number of rotatable bonds is 2. The number of hydrogen-bond donors (Lipinski definition) is 2. The minimum absolute atomic E-state index is 0.193. The van der Waals surface area contributed by atoms with Crippen molar-refractivity contribution in [2.24, 2.45) is 0 Å². The largest absolute Gasteiger partial charge is 0.328 e. The van der Waals surface area contributed by atoms with Crippen LogP contribution in [0.25, 0.3) is 0 Å². The number of carbonyl (C=O) groups is 2. The fourth-order valence-electron chi connectivity index (χ4n) is 1.18. The van der Waals surface area contributed by atoms with Crippen LogP contribution in [0.3, 0.4) is 0 Å². The van der Waals surface area contributed by atoms with E-state index in [1.165, 1.54) is 30.9 Å². The van der Waals surface area contributed by atoms with E-state index >= 15 is 0 Å². The van der Waals surface area contributed by atoms with Crippen molar-refractivity contribution in [3.63, 3.8) is 0 Å². The third kappa shape index (κ3) is 2.88. The van der Waals surface area contributed by atoms with Gasteiger partial charge in [0.05, 0.1) is 0 Å². The molecule has 0 fully saturated rings. The standard InChI is InChI=1S/C10H8FN5O2/c11-7-2-1-3-8(4-7)14-9(17)10(18)15-16-5-12-13-6-16/h1-6H,(H,14,17)(H,15,18). The van der Waals surface area contributed by atoms with Crippen LogP contribution < -0.4 is 10.7 Å². The van der Waals surface area contributed by atoms with Crippen LogP contribution in [-0.4, -0.2) is 26.7 Å². The third-order valence-corrected chi connectivity index (χ3v) is 1.94. The second-order valence-electron chi connectivity index (χ2n) is 3.27. The molecule has 1 heterocycles. The topological polar surface area (TPSA) is 88.9 Å². The zero-order chi connectivity index (χ0) is 13.0. The predicted molar refractivity (Wildman–Crippen MR) is 59.4 cm³/mol. The Kier molecular flexibility index (Phi) is 3.28. The first kappa shape index (κ1) is 11.7. The predicted octanol–water partition coefficient (Wildman–Crippen LogP) is 0.126. The molecule has 0 atom stereocenters. The summed E-state index contributed by atoms with van der Waals surface area (Å²) in [6.07, 6.45) is 2.43. The molecule has 0 aliphatic carbocycles. The molecule has 8 heteroatoms. The van der Waals surface area contributed by atoms with Crippen molar-refractivity contribution in [1.29, 1.82) is 0 Å². The van der Waals surface area contributed by atoms with Crippen molar-refractivity contribution in [3.8, 4) is 0 Å². The lowest BCUT2D eigenvalue weighted by atomic mass is 10.3. The van der Waals surface area contributed by atoms with Gasteiger partial charge in [-0.15, -0.1) is 10.2 Å². The van der Waals surface area contributed by atoms with Crippen molar-refractivity contribution in [2.75, 3.05) is 10.7 Å². The highest BCUT2D eigenvalue weighted by Crippen LogP contribution is 2.08. The molecule has 0 radical (unpaired) electrons. The normalized spacial score (nSPS) is 9.83. The van der Waals surface area contributed by atoms with Crippen LogP contribution in [0.4, 0.5) is 10.1 Å². The Balaban J connectivity index is 1.97. The van der Waals surface area contributed by atoms with Gasteiger partial charge in [-0.25, -0.2) is 9.07 Å². The number of benzene rings is 1. The van der Waals surface area contributed by atoms with Crippen molar-refractivity contribution >= 4 is 17.5 Å². The molecule has 0 aliphatic rings. The van der Waals surface area contributed by atoms with Gasteiger partial charge >= 0.3 is 11.8 Å². The average Bonchev–Trinajstić information content (AvgIpc) is 2.81. The van der Waals surface area contributed by atoms with Crippen LogP contribution in [0, 0.1) is 5.82 Å². The maximum Gasteiger partial charge on any atom is 0.328 e. The summed E-state index contributed by atoms with van der Waals surface area (Å²) >= 11 is 0. The molecule has 0 saturated carbocycles. The summed E-state index contributed by atoms with van der Waals surface area (Å²) in [7, 11) is 0. The Bertz CT molecular complexity index is 569. The SMILES string of the molecule is O=C(Nc1cccc(F)c1)C(=O)Nn1cnnc1. The molecule has 1 aromatic carbocycles. The molecular formula is C10H8FN5O2. The summed E-state index contributed by atoms with van der Waals surface area (Å²) < 4.78 is 14.0. The van der Waals surface area contributed by atoms with Gasteiger partial charge < -0.3 is 5.32 Å². The molecule has 0 spiro atoms. The summed E-state index contributed by atoms with van der Waals surface area (Å²) in [5, 5.41) is 9.14. The Morgan fingerprint density at radius 2 is 1.89 bits per heavy atom. The summed E-state index contributed by atoms with van der Waals surface area (Å²) in [6.45, 7) is 0. The van der Waals surface area contributed by atoms with Crippen molar-refractivity contribution in [1.82, 2.24) is 14.9 Å². The van der Waals surface area contributed by atoms with Crippen LogP contribution >= 0.6 is 0 Å². The van der Waals surface area contributed by atoms with Crippen LogP contribution in [0.5, 0.6) is 0 Å². The summed E-state index contributed by atoms with van der Waals surface area (Å²) in [6, 6.07) is 5.21. The fourth-order valence-corrected chi connectivity index (χ4v) is 1.18. The zero-order valence-corrected chi connectivity index (χ0v) is 9.00. The molecule has 0 unspecified atom stereocenters. The molecule has 92 valence electrons. The van der Waals surface area contributed by atoms with Gasteiger partial charge in [0.25, 0.3) is 0 Å². The molecule has 2 aromatic rings. The minimum atomic E-state index is -0.922. The number of nitrogens with one attached hydrogen (secondary N) is 2. The van der Waals surface area contributed by atoms with Crippen molar-refractivity contribution < 1.29 is 14.0 Å². The van der Waals surface area contributed by atoms with Gasteiger partial charge in [0.15, 0.2) is 0 Å². The number of amides is 2. The molecular weight excluding hydrogens is 241 g/mol. The highest BCUT2D eigenvalue weighted by atomic mass is 19.1. The van der Waals surface area contributed by atoms with E-state index in [0.717, 1.165) is 10.7 Å². The molecule has 2 amide bonds. The maximum absolute atomic E-state index is 12.9. The van der Waals surface area contributed by atoms with E-state index in [9.17, 15) is 14.0 Å². The molecule has 18 heavy (non-hydrogen) atoms. The highest BCUT2D eigenvalue weighted by molar-refractivity contribution is 6.42. The molecule has 0 saturated heterocycles. The molecule has 2 rings (SSSR count). The lowest BCUT2D eigenvalue weighted by Crippen LogP contribution is -2.33. The Hall–Kier alpha value is -2.77. The Labute approximate surface area is 101 Å². The summed E-state index contributed by atoms with van der Waals surface area (Å²) in [5.41, 5.74) is 2.40. The zero-order valence-electron chi connectivity index (χ0n) is 9.00. The van der Waals surface area contributed by atoms with Gasteiger partial charge in [0, 0.05) is 5.69 Å². The fraction of sp³-hybridized carbons (Fsp3) is 0. The van der Waals surface area contributed by atoms with Crippen molar-refractivity contribution in [2.45, 2.75) is 0 Å². The van der Waals surface area contributed by atoms with Crippen molar-refractivity contribution in [3.05, 3.63) is 42.7 Å². The van der Waals surface area contributed by atoms with Gasteiger partial charge in [-0.3, -0.25) is 15.0 Å². The van der Waals surface area contributed by atoms with E-state index in [1.807, 2.05) is 0 Å². The number of nitrogens with zero attached hydrogens (tertiary/aromatic N) is 3. The molecule has 0 bridgehead atoms. The third-order valence-electron chi connectivity index (χ3n) is 1.94. The van der Waals surface area contributed by atoms with E-state index in [-0.39, 0.29) is 5.69 Å². The number of anilines is 1. The summed E-state index contributed by atoms with van der Waals surface area (Å²) in [5.74, 6) is -2.35. The Morgan fingerprint density at radius 3 is 2.56 bits per heavy atom. The lowest BCUT2D eigenvalue weighted by molar-refractivity contribution is -0.133. The molecule has 0 aliphatic heterocycles. The van der Waals surface area contributed by atoms with Gasteiger partial charge in [-0.05, 0) is 18.2 Å². The highest BCUT2D eigenvalue weighted by Gasteiger charge is 2.14. The van der Waals surface area contributed by atoms with E-state index in [1.54, 1.807) is 0 Å². The molecule has 7 nitrogen and oxygen atoms in total.